The molecule has 0 aromatic heterocycles. The number of benzene rings is 2. The third kappa shape index (κ3) is 6.79. The Hall–Kier alpha value is -2.45. The Labute approximate surface area is 203 Å². The van der Waals surface area contributed by atoms with Gasteiger partial charge in [0, 0.05) is 44.8 Å². The molecule has 1 N–H and O–H groups in total. The van der Waals surface area contributed by atoms with Crippen LogP contribution < -0.4 is 10.2 Å². The molecule has 34 heavy (non-hydrogen) atoms. The molecule has 8 heteroatoms. The van der Waals surface area contributed by atoms with Crippen molar-refractivity contribution in [2.45, 2.75) is 62.8 Å². The second kappa shape index (κ2) is 10.9. The second-order valence-electron chi connectivity index (χ2n) is 10.0. The van der Waals surface area contributed by atoms with E-state index < -0.39 is 15.8 Å². The molecule has 1 fully saturated rings. The molecule has 0 radical (unpaired) electrons. The van der Waals surface area contributed by atoms with Crippen LogP contribution in [0.25, 0.3) is 0 Å². The Bertz CT molecular complexity index is 1060. The van der Waals surface area contributed by atoms with Gasteiger partial charge in [-0.15, -0.1) is 0 Å². The predicted molar refractivity (Wildman–Crippen MR) is 134 cm³/mol. The van der Waals surface area contributed by atoms with Crippen LogP contribution in [0.1, 0.15) is 52.0 Å². The van der Waals surface area contributed by atoms with E-state index in [1.807, 2.05) is 0 Å². The average molecular weight is 490 g/mol. The zero-order valence-corrected chi connectivity index (χ0v) is 21.4. The molecule has 0 atom stereocenters. The van der Waals surface area contributed by atoms with Gasteiger partial charge in [0.25, 0.3) is 0 Å². The first-order chi connectivity index (χ1) is 16.0. The van der Waals surface area contributed by atoms with Gasteiger partial charge in [0.2, 0.25) is 15.9 Å². The fourth-order valence-electron chi connectivity index (χ4n) is 4.12. The highest BCUT2D eigenvalue weighted by Gasteiger charge is 2.23. The van der Waals surface area contributed by atoms with Gasteiger partial charge in [-0.3, -0.25) is 4.79 Å². The molecule has 3 rings (SSSR count). The van der Waals surface area contributed by atoms with E-state index in [2.05, 4.69) is 55.3 Å². The van der Waals surface area contributed by atoms with Crippen LogP contribution in [0.5, 0.6) is 0 Å². The zero-order valence-electron chi connectivity index (χ0n) is 20.6. The maximum atomic E-state index is 13.1. The lowest BCUT2D eigenvalue weighted by atomic mass is 9.87. The van der Waals surface area contributed by atoms with Crippen LogP contribution in [-0.2, 0) is 20.2 Å². The number of anilines is 1. The molecule has 0 saturated carbocycles. The Morgan fingerprint density at radius 3 is 2.21 bits per heavy atom. The summed E-state index contributed by atoms with van der Waals surface area (Å²) in [5.74, 6) is -0.539. The minimum absolute atomic E-state index is 0.0423. The first-order valence-corrected chi connectivity index (χ1v) is 13.3. The van der Waals surface area contributed by atoms with E-state index >= 15 is 0 Å². The largest absolute Gasteiger partial charge is 0.371 e. The third-order valence-corrected chi connectivity index (χ3v) is 8.23. The number of sulfonamides is 1. The highest BCUT2D eigenvalue weighted by atomic mass is 32.2. The Morgan fingerprint density at radius 1 is 1.06 bits per heavy atom. The molecule has 1 aliphatic rings. The molecule has 1 aliphatic heterocycles. The van der Waals surface area contributed by atoms with Crippen molar-refractivity contribution < 1.29 is 17.6 Å². The summed E-state index contributed by atoms with van der Waals surface area (Å²) in [4.78, 5) is 14.8. The van der Waals surface area contributed by atoms with E-state index in [0.717, 1.165) is 38.1 Å². The van der Waals surface area contributed by atoms with Gasteiger partial charge in [-0.25, -0.2) is 17.1 Å². The van der Waals surface area contributed by atoms with E-state index in [-0.39, 0.29) is 35.2 Å². The predicted octanol–water partition coefficient (Wildman–Crippen LogP) is 4.31. The van der Waals surface area contributed by atoms with Gasteiger partial charge in [0.1, 0.15) is 5.82 Å². The Kier molecular flexibility index (Phi) is 8.36. The molecule has 1 saturated heterocycles. The molecule has 1 heterocycles. The van der Waals surface area contributed by atoms with Crippen LogP contribution in [0.2, 0.25) is 0 Å². The third-order valence-electron chi connectivity index (χ3n) is 6.36. The monoisotopic (exact) mass is 489 g/mol. The summed E-state index contributed by atoms with van der Waals surface area (Å²) in [6.07, 6.45) is 2.44. The molecule has 1 amide bonds. The SMILES string of the molecule is CN(CCCC(=O)NC1CCN(c2ccc(C(C)(C)C)cc2)CC1)S(=O)(=O)c1ccc(F)cc1. The summed E-state index contributed by atoms with van der Waals surface area (Å²) < 4.78 is 39.4. The van der Waals surface area contributed by atoms with Gasteiger partial charge in [-0.1, -0.05) is 32.9 Å². The summed E-state index contributed by atoms with van der Waals surface area (Å²) in [7, 11) is -2.22. The van der Waals surface area contributed by atoms with E-state index in [1.165, 1.54) is 34.7 Å². The molecular formula is C26H36FN3O3S. The molecule has 186 valence electrons. The van der Waals surface area contributed by atoms with E-state index in [1.54, 1.807) is 0 Å². The van der Waals surface area contributed by atoms with E-state index in [9.17, 15) is 17.6 Å². The number of hydrogen-bond donors (Lipinski definition) is 1. The maximum Gasteiger partial charge on any atom is 0.242 e. The lowest BCUT2D eigenvalue weighted by molar-refractivity contribution is -0.122. The minimum atomic E-state index is -3.70. The molecule has 2 aromatic carbocycles. The van der Waals surface area contributed by atoms with Gasteiger partial charge >= 0.3 is 0 Å². The summed E-state index contributed by atoms with van der Waals surface area (Å²) in [5.41, 5.74) is 2.66. The van der Waals surface area contributed by atoms with Crippen LogP contribution in [0.15, 0.2) is 53.4 Å². The topological polar surface area (TPSA) is 69.7 Å². The van der Waals surface area contributed by atoms with Crippen molar-refractivity contribution in [1.29, 1.82) is 0 Å². The van der Waals surface area contributed by atoms with Crippen LogP contribution in [0.4, 0.5) is 10.1 Å². The van der Waals surface area contributed by atoms with Gasteiger partial charge in [-0.2, -0.15) is 0 Å². The lowest BCUT2D eigenvalue weighted by Crippen LogP contribution is -2.44. The van der Waals surface area contributed by atoms with Gasteiger partial charge in [-0.05, 0) is 66.6 Å². The number of halogens is 1. The molecule has 0 bridgehead atoms. The molecular weight excluding hydrogens is 453 g/mol. The number of amides is 1. The van der Waals surface area contributed by atoms with Gasteiger partial charge < -0.3 is 10.2 Å². The molecule has 0 spiro atoms. The van der Waals surface area contributed by atoms with Crippen molar-refractivity contribution in [2.75, 3.05) is 31.6 Å². The van der Waals surface area contributed by atoms with Crippen molar-refractivity contribution in [3.05, 3.63) is 59.9 Å². The summed E-state index contributed by atoms with van der Waals surface area (Å²) in [6, 6.07) is 13.6. The number of carbonyl (C=O) groups excluding carboxylic acids is 1. The molecule has 0 unspecified atom stereocenters. The molecule has 0 aliphatic carbocycles. The smallest absolute Gasteiger partial charge is 0.242 e. The Balaban J connectivity index is 1.40. The standard InChI is InChI=1S/C26H36FN3O3S/c1-26(2,3)20-7-11-23(12-8-20)30-18-15-22(16-19-30)28-25(31)6-5-17-29(4)34(32,33)24-13-9-21(27)10-14-24/h7-14,22H,5-6,15-19H2,1-4H3,(H,28,31). The van der Waals surface area contributed by atoms with E-state index in [0.29, 0.717) is 6.42 Å². The van der Waals surface area contributed by atoms with Gasteiger partial charge in [0.05, 0.1) is 4.90 Å². The number of hydrogen-bond acceptors (Lipinski definition) is 4. The summed E-state index contributed by atoms with van der Waals surface area (Å²) in [5, 5.41) is 3.10. The zero-order chi connectivity index (χ0) is 24.9. The highest BCUT2D eigenvalue weighted by molar-refractivity contribution is 7.89. The van der Waals surface area contributed by atoms with Crippen molar-refractivity contribution in [3.8, 4) is 0 Å². The fraction of sp³-hybridized carbons (Fsp3) is 0.500. The number of nitrogens with one attached hydrogen (secondary N) is 1. The molecule has 2 aromatic rings. The average Bonchev–Trinajstić information content (AvgIpc) is 2.79. The van der Waals surface area contributed by atoms with Crippen LogP contribution in [0.3, 0.4) is 0 Å². The van der Waals surface area contributed by atoms with Crippen LogP contribution in [-0.4, -0.2) is 51.4 Å². The van der Waals surface area contributed by atoms with Gasteiger partial charge in [0.15, 0.2) is 0 Å². The highest BCUT2D eigenvalue weighted by Crippen LogP contribution is 2.26. The number of carbonyl (C=O) groups is 1. The molecule has 6 nitrogen and oxygen atoms in total. The van der Waals surface area contributed by atoms with Crippen LogP contribution >= 0.6 is 0 Å². The number of piperidine rings is 1. The number of rotatable bonds is 8. The van der Waals surface area contributed by atoms with Crippen molar-refractivity contribution >= 4 is 21.6 Å². The minimum Gasteiger partial charge on any atom is -0.371 e. The van der Waals surface area contributed by atoms with Crippen molar-refractivity contribution in [3.63, 3.8) is 0 Å². The Morgan fingerprint density at radius 2 is 1.65 bits per heavy atom. The fourth-order valence-corrected chi connectivity index (χ4v) is 5.33. The normalized spacial score (nSPS) is 15.5. The van der Waals surface area contributed by atoms with Crippen LogP contribution in [0, 0.1) is 5.82 Å². The first kappa shape index (κ1) is 26.2. The van der Waals surface area contributed by atoms with E-state index in [4.69, 9.17) is 0 Å². The summed E-state index contributed by atoms with van der Waals surface area (Å²) >= 11 is 0. The van der Waals surface area contributed by atoms with Crippen molar-refractivity contribution in [2.24, 2.45) is 0 Å². The maximum absolute atomic E-state index is 13.1. The number of nitrogens with zero attached hydrogens (tertiary/aromatic N) is 2. The summed E-state index contributed by atoms with van der Waals surface area (Å²) in [6.45, 7) is 8.61. The van der Waals surface area contributed by atoms with Crippen molar-refractivity contribution in [1.82, 2.24) is 9.62 Å². The first-order valence-electron chi connectivity index (χ1n) is 11.8. The lowest BCUT2D eigenvalue weighted by Gasteiger charge is -2.34. The second-order valence-corrected chi connectivity index (χ2v) is 12.1. The quantitative estimate of drug-likeness (QED) is 0.600.